The first-order valence-corrected chi connectivity index (χ1v) is 5.46. The largest absolute Gasteiger partial charge is 0.206 e. The third-order valence-corrected chi connectivity index (χ3v) is 2.89. The average molecular weight is 220 g/mol. The molecule has 1 rings (SSSR count). The lowest BCUT2D eigenvalue weighted by Crippen LogP contribution is -1.85. The van der Waals surface area contributed by atoms with Gasteiger partial charge in [0.2, 0.25) is 0 Å². The lowest BCUT2D eigenvalue weighted by molar-refractivity contribution is 0.601. The van der Waals surface area contributed by atoms with Crippen LogP contribution in [0.15, 0.2) is 23.1 Å². The minimum atomic E-state index is -0.365. The van der Waals surface area contributed by atoms with Gasteiger partial charge >= 0.3 is 0 Å². The van der Waals surface area contributed by atoms with Crippen LogP contribution in [0.4, 0.5) is 4.39 Å². The van der Waals surface area contributed by atoms with Crippen LogP contribution < -0.4 is 0 Å². The van der Waals surface area contributed by atoms with E-state index in [2.05, 4.69) is 0 Å². The first-order chi connectivity index (χ1) is 7.27. The van der Waals surface area contributed by atoms with E-state index in [0.29, 0.717) is 16.9 Å². The smallest absolute Gasteiger partial charge is 0.138 e. The second-order valence-electron chi connectivity index (χ2n) is 2.87. The van der Waals surface area contributed by atoms with Crippen molar-refractivity contribution < 1.29 is 4.39 Å². The van der Waals surface area contributed by atoms with Gasteiger partial charge in [-0.2, -0.15) is 10.5 Å². The normalized spacial score (nSPS) is 9.27. The van der Waals surface area contributed by atoms with E-state index in [1.807, 2.05) is 12.1 Å². The Hall–Kier alpha value is -1.52. The molecule has 0 N–H and O–H groups in total. The molecule has 76 valence electrons. The fourth-order valence-electron chi connectivity index (χ4n) is 1.02. The molecule has 0 unspecified atom stereocenters. The number of hydrogen-bond donors (Lipinski definition) is 0. The summed E-state index contributed by atoms with van der Waals surface area (Å²) >= 11 is 1.37. The second-order valence-corrected chi connectivity index (χ2v) is 4.00. The molecule has 1 aromatic rings. The van der Waals surface area contributed by atoms with Gasteiger partial charge in [0.25, 0.3) is 0 Å². The zero-order chi connectivity index (χ0) is 11.1. The van der Waals surface area contributed by atoms with Gasteiger partial charge in [-0.1, -0.05) is 0 Å². The van der Waals surface area contributed by atoms with Gasteiger partial charge in [-0.25, -0.2) is 4.39 Å². The molecular formula is C11H9FN2S. The van der Waals surface area contributed by atoms with Crippen LogP contribution in [-0.4, -0.2) is 5.75 Å². The summed E-state index contributed by atoms with van der Waals surface area (Å²) in [6, 6.07) is 8.34. The van der Waals surface area contributed by atoms with Crippen LogP contribution in [0.2, 0.25) is 0 Å². The maximum absolute atomic E-state index is 13.3. The lowest BCUT2D eigenvalue weighted by atomic mass is 10.2. The molecule has 0 heterocycles. The molecule has 1 aromatic carbocycles. The molecule has 0 amide bonds. The minimum absolute atomic E-state index is 0.328. The van der Waals surface area contributed by atoms with Gasteiger partial charge < -0.3 is 0 Å². The van der Waals surface area contributed by atoms with Gasteiger partial charge in [0.15, 0.2) is 0 Å². The van der Waals surface area contributed by atoms with Crippen LogP contribution in [-0.2, 0) is 0 Å². The molecular weight excluding hydrogens is 211 g/mol. The van der Waals surface area contributed by atoms with Crippen molar-refractivity contribution in [1.29, 1.82) is 10.5 Å². The summed E-state index contributed by atoms with van der Waals surface area (Å²) in [6.07, 6.45) is 1.24. The Bertz CT molecular complexity index is 418. The van der Waals surface area contributed by atoms with Crippen LogP contribution in [0.5, 0.6) is 0 Å². The maximum Gasteiger partial charge on any atom is 0.138 e. The number of nitrogens with zero attached hydrogens (tertiary/aromatic N) is 2. The lowest BCUT2D eigenvalue weighted by Gasteiger charge is -2.01. The molecule has 0 fully saturated rings. The number of rotatable bonds is 4. The van der Waals surface area contributed by atoms with Crippen molar-refractivity contribution in [2.24, 2.45) is 0 Å². The van der Waals surface area contributed by atoms with Crippen LogP contribution in [0, 0.1) is 28.5 Å². The topological polar surface area (TPSA) is 47.6 Å². The quantitative estimate of drug-likeness (QED) is 0.578. The number of nitriles is 2. The summed E-state index contributed by atoms with van der Waals surface area (Å²) in [4.78, 5) is 0.534. The van der Waals surface area contributed by atoms with Gasteiger partial charge in [0.05, 0.1) is 17.7 Å². The van der Waals surface area contributed by atoms with Gasteiger partial charge in [-0.3, -0.25) is 0 Å². The Morgan fingerprint density at radius 3 is 2.73 bits per heavy atom. The molecule has 0 bridgehead atoms. The minimum Gasteiger partial charge on any atom is -0.206 e. The molecule has 15 heavy (non-hydrogen) atoms. The third-order valence-electron chi connectivity index (χ3n) is 1.75. The molecule has 2 nitrogen and oxygen atoms in total. The zero-order valence-electron chi connectivity index (χ0n) is 8.03. The Labute approximate surface area is 92.3 Å². The zero-order valence-corrected chi connectivity index (χ0v) is 8.85. The van der Waals surface area contributed by atoms with Crippen molar-refractivity contribution in [3.63, 3.8) is 0 Å². The van der Waals surface area contributed by atoms with Gasteiger partial charge in [-0.15, -0.1) is 11.8 Å². The second kappa shape index (κ2) is 6.06. The maximum atomic E-state index is 13.3. The van der Waals surface area contributed by atoms with Crippen LogP contribution >= 0.6 is 11.8 Å². The van der Waals surface area contributed by atoms with E-state index in [4.69, 9.17) is 10.5 Å². The van der Waals surface area contributed by atoms with Crippen LogP contribution in [0.25, 0.3) is 0 Å². The van der Waals surface area contributed by atoms with E-state index in [1.165, 1.54) is 17.8 Å². The van der Waals surface area contributed by atoms with Crippen molar-refractivity contribution in [2.75, 3.05) is 5.75 Å². The Morgan fingerprint density at radius 1 is 1.33 bits per heavy atom. The molecule has 0 aliphatic rings. The van der Waals surface area contributed by atoms with E-state index in [-0.39, 0.29) is 5.82 Å². The molecule has 4 heteroatoms. The molecule has 0 atom stereocenters. The molecule has 0 spiro atoms. The highest BCUT2D eigenvalue weighted by Crippen LogP contribution is 2.23. The van der Waals surface area contributed by atoms with E-state index in [9.17, 15) is 4.39 Å². The van der Waals surface area contributed by atoms with Crippen LogP contribution in [0.1, 0.15) is 18.4 Å². The molecule has 0 aliphatic heterocycles. The Morgan fingerprint density at radius 2 is 2.13 bits per heavy atom. The SMILES string of the molecule is N#CCCCSc1ccc(C#N)cc1F. The summed E-state index contributed by atoms with van der Waals surface area (Å²) in [7, 11) is 0. The van der Waals surface area contributed by atoms with Gasteiger partial charge in [0, 0.05) is 11.3 Å². The van der Waals surface area contributed by atoms with E-state index in [1.54, 1.807) is 12.1 Å². The van der Waals surface area contributed by atoms with Crippen molar-refractivity contribution in [2.45, 2.75) is 17.7 Å². The monoisotopic (exact) mass is 220 g/mol. The van der Waals surface area contributed by atoms with Crippen molar-refractivity contribution in [1.82, 2.24) is 0 Å². The first-order valence-electron chi connectivity index (χ1n) is 4.47. The molecule has 0 saturated heterocycles. The third kappa shape index (κ3) is 3.61. The highest BCUT2D eigenvalue weighted by molar-refractivity contribution is 7.99. The summed E-state index contributed by atoms with van der Waals surface area (Å²) in [5.41, 5.74) is 0.328. The highest BCUT2D eigenvalue weighted by atomic mass is 32.2. The predicted octanol–water partition coefficient (Wildman–Crippen LogP) is 3.09. The summed E-state index contributed by atoms with van der Waals surface area (Å²) in [5, 5.41) is 16.9. The fraction of sp³-hybridized carbons (Fsp3) is 0.273. The van der Waals surface area contributed by atoms with Crippen molar-refractivity contribution in [3.8, 4) is 12.1 Å². The van der Waals surface area contributed by atoms with Crippen molar-refractivity contribution >= 4 is 11.8 Å². The number of halogens is 1. The standard InChI is InChI=1S/C11H9FN2S/c12-10-7-9(8-14)3-4-11(10)15-6-2-1-5-13/h3-4,7H,1-2,6H2. The molecule has 0 aromatic heterocycles. The van der Waals surface area contributed by atoms with E-state index < -0.39 is 0 Å². The summed E-state index contributed by atoms with van der Waals surface area (Å²) in [5.74, 6) is 0.354. The Balaban J connectivity index is 2.56. The summed E-state index contributed by atoms with van der Waals surface area (Å²) < 4.78 is 13.3. The highest BCUT2D eigenvalue weighted by Gasteiger charge is 2.03. The predicted molar refractivity (Wildman–Crippen MR) is 56.7 cm³/mol. The number of hydrogen-bond acceptors (Lipinski definition) is 3. The summed E-state index contributed by atoms with van der Waals surface area (Å²) in [6.45, 7) is 0. The molecule has 0 radical (unpaired) electrons. The fourth-order valence-corrected chi connectivity index (χ4v) is 1.89. The molecule has 0 aliphatic carbocycles. The Kier molecular flexibility index (Phi) is 4.66. The van der Waals surface area contributed by atoms with E-state index in [0.717, 1.165) is 12.2 Å². The number of thioether (sulfide) groups is 1. The van der Waals surface area contributed by atoms with E-state index >= 15 is 0 Å². The number of unbranched alkanes of at least 4 members (excludes halogenated alkanes) is 1. The first kappa shape index (κ1) is 11.6. The van der Waals surface area contributed by atoms with Crippen LogP contribution in [0.3, 0.4) is 0 Å². The average Bonchev–Trinajstić information content (AvgIpc) is 2.26. The van der Waals surface area contributed by atoms with Gasteiger partial charge in [0.1, 0.15) is 5.82 Å². The molecule has 0 saturated carbocycles. The number of benzene rings is 1. The van der Waals surface area contributed by atoms with Gasteiger partial charge in [-0.05, 0) is 30.4 Å². The van der Waals surface area contributed by atoms with Crippen molar-refractivity contribution in [3.05, 3.63) is 29.6 Å².